The van der Waals surface area contributed by atoms with Gasteiger partial charge in [0.1, 0.15) is 0 Å². The fraction of sp³-hybridized carbons (Fsp3) is 0.750. The highest BCUT2D eigenvalue weighted by molar-refractivity contribution is 9.09. The Kier molecular flexibility index (Phi) is 6.97. The molecule has 3 nitrogen and oxygen atoms in total. The molecular weight excluding hydrogens is 366 g/mol. The normalized spacial score (nSPS) is 17.6. The van der Waals surface area contributed by atoms with Crippen molar-refractivity contribution in [3.63, 3.8) is 0 Å². The Morgan fingerprint density at radius 2 is 2.08 bits per heavy atom. The monoisotopic (exact) mass is 397 g/mol. The quantitative estimate of drug-likeness (QED) is 0.351. The van der Waals surface area contributed by atoms with Crippen LogP contribution in [-0.4, -0.2) is 22.5 Å². The number of carbonyl (C=O) groups excluding carboxylic acids is 1. The summed E-state index contributed by atoms with van der Waals surface area (Å²) >= 11 is 3.49. The van der Waals surface area contributed by atoms with Crippen LogP contribution in [0.25, 0.3) is 0 Å². The predicted octanol–water partition coefficient (Wildman–Crippen LogP) is 5.38. The van der Waals surface area contributed by atoms with Crippen molar-refractivity contribution in [2.75, 3.05) is 11.9 Å². The third kappa shape index (κ3) is 4.65. The zero-order valence-corrected chi connectivity index (χ0v) is 17.2. The van der Waals surface area contributed by atoms with E-state index >= 15 is 0 Å². The zero-order valence-electron chi connectivity index (χ0n) is 15.7. The summed E-state index contributed by atoms with van der Waals surface area (Å²) in [6.07, 6.45) is 8.94. The van der Waals surface area contributed by atoms with Crippen molar-refractivity contribution in [3.05, 3.63) is 23.0 Å². The van der Waals surface area contributed by atoms with Gasteiger partial charge < -0.3 is 9.30 Å². The van der Waals surface area contributed by atoms with Gasteiger partial charge in [0.25, 0.3) is 0 Å². The smallest absolute Gasteiger partial charge is 0.339 e. The second-order valence-electron chi connectivity index (χ2n) is 7.94. The molecular formula is C20H32BrNO2. The predicted molar refractivity (Wildman–Crippen MR) is 103 cm³/mol. The van der Waals surface area contributed by atoms with Crippen LogP contribution in [0, 0.1) is 11.3 Å². The summed E-state index contributed by atoms with van der Waals surface area (Å²) < 4.78 is 7.64. The Morgan fingerprint density at radius 3 is 2.71 bits per heavy atom. The first-order valence-electron chi connectivity index (χ1n) is 9.32. The number of aromatic nitrogens is 1. The van der Waals surface area contributed by atoms with Gasteiger partial charge in [-0.1, -0.05) is 43.1 Å². The number of rotatable bonds is 7. The maximum Gasteiger partial charge on any atom is 0.339 e. The van der Waals surface area contributed by atoms with Crippen molar-refractivity contribution in [1.82, 2.24) is 4.57 Å². The molecule has 1 unspecified atom stereocenters. The van der Waals surface area contributed by atoms with Crippen LogP contribution >= 0.6 is 15.9 Å². The second-order valence-corrected chi connectivity index (χ2v) is 8.73. The number of alkyl halides is 1. The number of carbonyl (C=O) groups is 1. The first-order chi connectivity index (χ1) is 11.4. The summed E-state index contributed by atoms with van der Waals surface area (Å²) in [5, 5.41) is 1.07. The van der Waals surface area contributed by atoms with Crippen LogP contribution in [0.2, 0.25) is 0 Å². The summed E-state index contributed by atoms with van der Waals surface area (Å²) in [6, 6.07) is 0. The molecule has 136 valence electrons. The van der Waals surface area contributed by atoms with Crippen LogP contribution < -0.4 is 0 Å². The number of hydrogen-bond donors (Lipinski definition) is 0. The van der Waals surface area contributed by atoms with E-state index in [4.69, 9.17) is 4.74 Å². The fourth-order valence-corrected chi connectivity index (χ4v) is 4.10. The fourth-order valence-electron chi connectivity index (χ4n) is 3.70. The summed E-state index contributed by atoms with van der Waals surface area (Å²) in [6.45, 7) is 10.2. The highest BCUT2D eigenvalue weighted by atomic mass is 79.9. The largest absolute Gasteiger partial charge is 0.462 e. The number of halogens is 1. The first kappa shape index (κ1) is 19.6. The van der Waals surface area contributed by atoms with Crippen molar-refractivity contribution in [1.29, 1.82) is 0 Å². The summed E-state index contributed by atoms with van der Waals surface area (Å²) in [7, 11) is 0. The average Bonchev–Trinajstić information content (AvgIpc) is 2.89. The molecule has 0 bridgehead atoms. The first-order valence-corrected chi connectivity index (χ1v) is 10.4. The van der Waals surface area contributed by atoms with E-state index in [1.54, 1.807) is 0 Å². The number of hydrogen-bond acceptors (Lipinski definition) is 2. The number of aryl methyl sites for hydroxylation is 1. The number of nitrogens with zero attached hydrogens (tertiary/aromatic N) is 1. The van der Waals surface area contributed by atoms with Gasteiger partial charge in [-0.25, -0.2) is 4.79 Å². The van der Waals surface area contributed by atoms with E-state index < -0.39 is 0 Å². The number of esters is 1. The van der Waals surface area contributed by atoms with E-state index in [1.807, 2.05) is 6.92 Å². The molecule has 24 heavy (non-hydrogen) atoms. The number of ether oxygens (including phenoxy) is 1. The lowest BCUT2D eigenvalue weighted by molar-refractivity contribution is 0.0524. The Morgan fingerprint density at radius 1 is 1.33 bits per heavy atom. The maximum atomic E-state index is 12.4. The van der Waals surface area contributed by atoms with E-state index in [0.29, 0.717) is 12.5 Å². The van der Waals surface area contributed by atoms with Crippen LogP contribution in [0.4, 0.5) is 0 Å². The molecule has 1 aliphatic carbocycles. The summed E-state index contributed by atoms with van der Waals surface area (Å²) in [5.41, 5.74) is 3.71. The lowest BCUT2D eigenvalue weighted by Crippen LogP contribution is -2.28. The van der Waals surface area contributed by atoms with E-state index in [9.17, 15) is 4.79 Å². The Hall–Kier alpha value is -0.770. The van der Waals surface area contributed by atoms with Crippen molar-refractivity contribution < 1.29 is 9.53 Å². The van der Waals surface area contributed by atoms with Crippen LogP contribution in [0.5, 0.6) is 0 Å². The minimum Gasteiger partial charge on any atom is -0.462 e. The molecule has 1 aromatic heterocycles. The van der Waals surface area contributed by atoms with E-state index in [0.717, 1.165) is 36.7 Å². The molecule has 1 aromatic rings. The Bertz CT molecular complexity index is 557. The van der Waals surface area contributed by atoms with Gasteiger partial charge >= 0.3 is 5.97 Å². The third-order valence-electron chi connectivity index (χ3n) is 5.24. The minimum absolute atomic E-state index is 0.150. The van der Waals surface area contributed by atoms with Crippen LogP contribution in [-0.2, 0) is 24.1 Å². The molecule has 1 atom stereocenters. The molecule has 0 saturated heterocycles. The van der Waals surface area contributed by atoms with Gasteiger partial charge in [0, 0.05) is 23.8 Å². The van der Waals surface area contributed by atoms with Gasteiger partial charge in [-0.2, -0.15) is 0 Å². The van der Waals surface area contributed by atoms with Crippen molar-refractivity contribution in [3.8, 4) is 0 Å². The van der Waals surface area contributed by atoms with E-state index in [-0.39, 0.29) is 11.4 Å². The summed E-state index contributed by atoms with van der Waals surface area (Å²) in [5.74, 6) is 0.477. The molecule has 1 aliphatic rings. The van der Waals surface area contributed by atoms with Crippen molar-refractivity contribution >= 4 is 21.9 Å². The van der Waals surface area contributed by atoms with Gasteiger partial charge in [0.15, 0.2) is 0 Å². The molecule has 0 aliphatic heterocycles. The lowest BCUT2D eigenvalue weighted by atomic mass is 9.71. The standard InChI is InChI=1S/C20H32BrNO2/c1-5-24-19(23)17-14-22(12-8-6-7-11-21)18-10-9-15(13-16(17)18)20(2,3)4/h14-15H,5-13H2,1-4H3. The molecule has 0 spiro atoms. The molecule has 0 aromatic carbocycles. The van der Waals surface area contributed by atoms with Gasteiger partial charge in [0.2, 0.25) is 0 Å². The van der Waals surface area contributed by atoms with Crippen LogP contribution in [0.3, 0.4) is 0 Å². The SMILES string of the molecule is CCOC(=O)c1cn(CCCCCBr)c2c1CC(C(C)(C)C)CC2. The molecule has 0 fully saturated rings. The Labute approximate surface area is 155 Å². The van der Waals surface area contributed by atoms with Crippen LogP contribution in [0.1, 0.15) is 75.0 Å². The van der Waals surface area contributed by atoms with E-state index in [1.165, 1.54) is 30.5 Å². The minimum atomic E-state index is -0.150. The second kappa shape index (κ2) is 8.55. The van der Waals surface area contributed by atoms with Gasteiger partial charge in [0.05, 0.1) is 12.2 Å². The number of unbranched alkanes of at least 4 members (excludes halogenated alkanes) is 2. The third-order valence-corrected chi connectivity index (χ3v) is 5.80. The van der Waals surface area contributed by atoms with Crippen LogP contribution in [0.15, 0.2) is 6.20 Å². The summed E-state index contributed by atoms with van der Waals surface area (Å²) in [4.78, 5) is 12.4. The average molecular weight is 398 g/mol. The zero-order chi connectivity index (χ0) is 17.7. The van der Waals surface area contributed by atoms with Gasteiger partial charge in [-0.3, -0.25) is 0 Å². The van der Waals surface area contributed by atoms with Crippen molar-refractivity contribution in [2.24, 2.45) is 11.3 Å². The number of fused-ring (bicyclic) bond motifs is 1. The topological polar surface area (TPSA) is 31.2 Å². The molecule has 0 saturated carbocycles. The Balaban J connectivity index is 2.24. The van der Waals surface area contributed by atoms with Crippen molar-refractivity contribution in [2.45, 2.75) is 72.8 Å². The van der Waals surface area contributed by atoms with Gasteiger partial charge in [-0.05, 0) is 55.9 Å². The highest BCUT2D eigenvalue weighted by Gasteiger charge is 2.33. The van der Waals surface area contributed by atoms with E-state index in [2.05, 4.69) is 47.5 Å². The highest BCUT2D eigenvalue weighted by Crippen LogP contribution is 2.39. The molecule has 2 rings (SSSR count). The lowest BCUT2D eigenvalue weighted by Gasteiger charge is -2.34. The molecule has 1 heterocycles. The molecule has 0 N–H and O–H groups in total. The maximum absolute atomic E-state index is 12.4. The molecule has 4 heteroatoms. The molecule has 0 radical (unpaired) electrons. The molecule has 0 amide bonds. The van der Waals surface area contributed by atoms with Gasteiger partial charge in [-0.15, -0.1) is 0 Å².